The van der Waals surface area contributed by atoms with Crippen molar-refractivity contribution in [3.63, 3.8) is 0 Å². The normalized spacial score (nSPS) is 16.1. The number of amides is 1. The molecule has 1 heterocycles. The second-order valence-corrected chi connectivity index (χ2v) is 8.54. The van der Waals surface area contributed by atoms with Crippen molar-refractivity contribution in [1.82, 2.24) is 5.32 Å². The summed E-state index contributed by atoms with van der Waals surface area (Å²) in [6.45, 7) is 4.47. The fourth-order valence-corrected chi connectivity index (χ4v) is 3.96. The lowest BCUT2D eigenvalue weighted by Gasteiger charge is -2.34. The van der Waals surface area contributed by atoms with Crippen LogP contribution in [0, 0.1) is 6.92 Å². The van der Waals surface area contributed by atoms with E-state index in [0.717, 1.165) is 17.4 Å². The van der Waals surface area contributed by atoms with Gasteiger partial charge in [0.25, 0.3) is 5.91 Å². The summed E-state index contributed by atoms with van der Waals surface area (Å²) >= 11 is 0. The van der Waals surface area contributed by atoms with E-state index in [9.17, 15) is 13.2 Å². The summed E-state index contributed by atoms with van der Waals surface area (Å²) in [5.41, 5.74) is 2.20. The van der Waals surface area contributed by atoms with E-state index in [-0.39, 0.29) is 19.0 Å². The first-order valence-electron chi connectivity index (χ1n) is 9.03. The second kappa shape index (κ2) is 8.10. The number of nitrogens with one attached hydrogen (secondary N) is 1. The zero-order valence-electron chi connectivity index (χ0n) is 16.1. The first-order valence-corrected chi connectivity index (χ1v) is 10.9. The van der Waals surface area contributed by atoms with Crippen molar-refractivity contribution in [3.05, 3.63) is 53.6 Å². The lowest BCUT2D eigenvalue weighted by molar-refractivity contribution is -0.127. The topological polar surface area (TPSA) is 84.9 Å². The molecule has 1 aliphatic rings. The van der Waals surface area contributed by atoms with Crippen LogP contribution in [0.25, 0.3) is 0 Å². The first kappa shape index (κ1) is 20.0. The fourth-order valence-electron chi connectivity index (χ4n) is 3.05. The minimum absolute atomic E-state index is 0.0752. The average molecular weight is 404 g/mol. The number of hydrogen-bond acceptors (Lipinski definition) is 5. The number of para-hydroxylation sites is 1. The third-order valence-corrected chi connectivity index (χ3v) is 5.55. The van der Waals surface area contributed by atoms with E-state index in [1.807, 2.05) is 44.2 Å². The maximum atomic E-state index is 12.7. The zero-order valence-corrected chi connectivity index (χ0v) is 17.0. The van der Waals surface area contributed by atoms with Crippen molar-refractivity contribution >= 4 is 21.6 Å². The highest BCUT2D eigenvalue weighted by Gasteiger charge is 2.35. The van der Waals surface area contributed by atoms with E-state index in [0.29, 0.717) is 23.8 Å². The summed E-state index contributed by atoms with van der Waals surface area (Å²) < 4.78 is 37.1. The lowest BCUT2D eigenvalue weighted by atomic mass is 10.1. The molecule has 1 N–H and O–H groups in total. The summed E-state index contributed by atoms with van der Waals surface area (Å²) in [5.74, 6) is 0.691. The van der Waals surface area contributed by atoms with Gasteiger partial charge in [-0.05, 0) is 37.6 Å². The molecular formula is C20H24N2O5S. The Morgan fingerprint density at radius 1 is 1.29 bits per heavy atom. The molecule has 7 nitrogen and oxygen atoms in total. The number of ether oxygens (including phenoxy) is 2. The van der Waals surface area contributed by atoms with Gasteiger partial charge in [0, 0.05) is 12.1 Å². The molecule has 1 aliphatic heterocycles. The molecule has 1 atom stereocenters. The molecule has 0 spiro atoms. The predicted molar refractivity (Wildman–Crippen MR) is 107 cm³/mol. The van der Waals surface area contributed by atoms with Crippen molar-refractivity contribution in [2.24, 2.45) is 0 Å². The highest BCUT2D eigenvalue weighted by Crippen LogP contribution is 2.35. The highest BCUT2D eigenvalue weighted by atomic mass is 32.2. The third kappa shape index (κ3) is 4.39. The maximum absolute atomic E-state index is 12.7. The average Bonchev–Trinajstić information content (AvgIpc) is 2.65. The van der Waals surface area contributed by atoms with Gasteiger partial charge in [-0.25, -0.2) is 8.42 Å². The molecule has 0 fully saturated rings. The minimum Gasteiger partial charge on any atom is -0.494 e. The van der Waals surface area contributed by atoms with Gasteiger partial charge in [0.05, 0.1) is 25.1 Å². The molecular weight excluding hydrogens is 380 g/mol. The van der Waals surface area contributed by atoms with Crippen LogP contribution in [0.2, 0.25) is 0 Å². The number of benzene rings is 2. The zero-order chi connectivity index (χ0) is 20.3. The van der Waals surface area contributed by atoms with Crippen LogP contribution in [0.1, 0.15) is 18.1 Å². The number of anilines is 1. The maximum Gasteiger partial charge on any atom is 0.263 e. The molecule has 0 radical (unpaired) electrons. The Labute approximate surface area is 165 Å². The number of carbonyl (C=O) groups is 1. The standard InChI is InChI=1S/C20H24N2O5S/c1-4-26-17-8-6-5-7-15(17)12-21-20(23)19-13-22(28(3,24)25)16-11-14(2)9-10-18(16)27-19/h5-11,19H,4,12-13H2,1-3H3,(H,21,23)/t19-/m1/s1. The summed E-state index contributed by atoms with van der Waals surface area (Å²) in [6, 6.07) is 12.7. The molecule has 28 heavy (non-hydrogen) atoms. The molecule has 0 bridgehead atoms. The Hall–Kier alpha value is -2.74. The van der Waals surface area contributed by atoms with Crippen molar-refractivity contribution in [1.29, 1.82) is 0 Å². The van der Waals surface area contributed by atoms with Gasteiger partial charge in [0.2, 0.25) is 10.0 Å². The van der Waals surface area contributed by atoms with Crippen LogP contribution in [0.5, 0.6) is 11.5 Å². The van der Waals surface area contributed by atoms with E-state index in [1.165, 1.54) is 4.31 Å². The number of carbonyl (C=O) groups excluding carboxylic acids is 1. The third-order valence-electron chi connectivity index (χ3n) is 4.40. The highest BCUT2D eigenvalue weighted by molar-refractivity contribution is 7.92. The number of nitrogens with zero attached hydrogens (tertiary/aromatic N) is 1. The van der Waals surface area contributed by atoms with Gasteiger partial charge in [-0.1, -0.05) is 24.3 Å². The Bertz CT molecular complexity index is 974. The van der Waals surface area contributed by atoms with Gasteiger partial charge in [-0.3, -0.25) is 9.10 Å². The van der Waals surface area contributed by atoms with E-state index >= 15 is 0 Å². The molecule has 0 saturated heterocycles. The van der Waals surface area contributed by atoms with Crippen molar-refractivity contribution in [2.45, 2.75) is 26.5 Å². The van der Waals surface area contributed by atoms with Crippen LogP contribution in [-0.4, -0.2) is 39.8 Å². The number of rotatable bonds is 6. The van der Waals surface area contributed by atoms with Crippen molar-refractivity contribution in [2.75, 3.05) is 23.7 Å². The second-order valence-electron chi connectivity index (χ2n) is 6.63. The van der Waals surface area contributed by atoms with Gasteiger partial charge in [-0.15, -0.1) is 0 Å². The fraction of sp³-hybridized carbons (Fsp3) is 0.350. The van der Waals surface area contributed by atoms with Crippen LogP contribution < -0.4 is 19.1 Å². The Morgan fingerprint density at radius 3 is 2.75 bits per heavy atom. The van der Waals surface area contributed by atoms with E-state index < -0.39 is 16.1 Å². The molecule has 3 rings (SSSR count). The molecule has 0 unspecified atom stereocenters. The summed E-state index contributed by atoms with van der Waals surface area (Å²) in [6.07, 6.45) is 0.182. The number of fused-ring (bicyclic) bond motifs is 1. The van der Waals surface area contributed by atoms with Gasteiger partial charge in [0.1, 0.15) is 11.5 Å². The minimum atomic E-state index is -3.55. The Morgan fingerprint density at radius 2 is 2.04 bits per heavy atom. The molecule has 2 aromatic carbocycles. The molecule has 2 aromatic rings. The van der Waals surface area contributed by atoms with Crippen LogP contribution in [-0.2, 0) is 21.4 Å². The van der Waals surface area contributed by atoms with Gasteiger partial charge in [0.15, 0.2) is 6.10 Å². The Kier molecular flexibility index (Phi) is 5.79. The first-order chi connectivity index (χ1) is 13.3. The summed E-state index contributed by atoms with van der Waals surface area (Å²) in [4.78, 5) is 12.7. The molecule has 0 aromatic heterocycles. The smallest absolute Gasteiger partial charge is 0.263 e. The molecule has 8 heteroatoms. The summed E-state index contributed by atoms with van der Waals surface area (Å²) in [7, 11) is -3.55. The molecule has 0 saturated carbocycles. The van der Waals surface area contributed by atoms with Gasteiger partial charge >= 0.3 is 0 Å². The molecule has 1 amide bonds. The van der Waals surface area contributed by atoms with E-state index in [2.05, 4.69) is 5.32 Å². The van der Waals surface area contributed by atoms with Crippen LogP contribution in [0.15, 0.2) is 42.5 Å². The monoisotopic (exact) mass is 404 g/mol. The van der Waals surface area contributed by atoms with Crippen LogP contribution in [0.3, 0.4) is 0 Å². The number of aryl methyl sites for hydroxylation is 1. The van der Waals surface area contributed by atoms with Crippen LogP contribution in [0.4, 0.5) is 5.69 Å². The van der Waals surface area contributed by atoms with Crippen molar-refractivity contribution in [3.8, 4) is 11.5 Å². The quantitative estimate of drug-likeness (QED) is 0.798. The summed E-state index contributed by atoms with van der Waals surface area (Å²) in [5, 5.41) is 2.82. The molecule has 0 aliphatic carbocycles. The van der Waals surface area contributed by atoms with Gasteiger partial charge < -0.3 is 14.8 Å². The molecule has 150 valence electrons. The largest absolute Gasteiger partial charge is 0.494 e. The number of hydrogen-bond donors (Lipinski definition) is 1. The Balaban J connectivity index is 1.77. The SMILES string of the molecule is CCOc1ccccc1CNC(=O)[C@H]1CN(S(C)(=O)=O)c2cc(C)ccc2O1. The van der Waals surface area contributed by atoms with Gasteiger partial charge in [-0.2, -0.15) is 0 Å². The lowest BCUT2D eigenvalue weighted by Crippen LogP contribution is -2.50. The predicted octanol–water partition coefficient (Wildman–Crippen LogP) is 2.24. The van der Waals surface area contributed by atoms with Crippen molar-refractivity contribution < 1.29 is 22.7 Å². The van der Waals surface area contributed by atoms with E-state index in [4.69, 9.17) is 9.47 Å². The van der Waals surface area contributed by atoms with E-state index in [1.54, 1.807) is 12.1 Å². The number of sulfonamides is 1. The van der Waals surface area contributed by atoms with Crippen LogP contribution >= 0.6 is 0 Å².